The first-order chi connectivity index (χ1) is 9.13. The van der Waals surface area contributed by atoms with E-state index in [-0.39, 0.29) is 12.1 Å². The molecule has 0 saturated heterocycles. The molecule has 2 N–H and O–H groups in total. The van der Waals surface area contributed by atoms with Crippen LogP contribution in [0.3, 0.4) is 0 Å². The van der Waals surface area contributed by atoms with E-state index in [1.54, 1.807) is 0 Å². The lowest BCUT2D eigenvalue weighted by atomic mass is 9.80. The van der Waals surface area contributed by atoms with Crippen LogP contribution in [0.4, 0.5) is 0 Å². The maximum Gasteiger partial charge on any atom is 0.0791 e. The highest BCUT2D eigenvalue weighted by Gasteiger charge is 2.30. The average molecular weight is 261 g/mol. The molecule has 1 fully saturated rings. The number of hydrogen-bond acceptors (Lipinski definition) is 2. The minimum Gasteiger partial charge on any atom is -0.379 e. The molecule has 0 aliphatic heterocycles. The fourth-order valence-corrected chi connectivity index (χ4v) is 3.47. The van der Waals surface area contributed by atoms with Crippen molar-refractivity contribution in [1.29, 1.82) is 0 Å². The van der Waals surface area contributed by atoms with Crippen molar-refractivity contribution in [1.82, 2.24) is 0 Å². The van der Waals surface area contributed by atoms with Gasteiger partial charge in [-0.25, -0.2) is 0 Å². The smallest absolute Gasteiger partial charge is 0.0791 e. The first kappa shape index (κ1) is 14.5. The molecule has 2 heteroatoms. The third-order valence-electron chi connectivity index (χ3n) is 4.52. The molecule has 2 nitrogen and oxygen atoms in total. The van der Waals surface area contributed by atoms with Crippen LogP contribution >= 0.6 is 0 Å². The fourth-order valence-electron chi connectivity index (χ4n) is 3.47. The molecule has 0 amide bonds. The third kappa shape index (κ3) is 3.37. The van der Waals surface area contributed by atoms with Crippen LogP contribution < -0.4 is 5.73 Å². The van der Waals surface area contributed by atoms with Gasteiger partial charge in [-0.3, -0.25) is 0 Å². The summed E-state index contributed by atoms with van der Waals surface area (Å²) < 4.78 is 5.77. The Morgan fingerprint density at radius 3 is 2.42 bits per heavy atom. The van der Waals surface area contributed by atoms with Gasteiger partial charge in [-0.05, 0) is 43.7 Å². The van der Waals surface area contributed by atoms with Gasteiger partial charge in [0.25, 0.3) is 0 Å². The summed E-state index contributed by atoms with van der Waals surface area (Å²) in [5.74, 6) is 0.620. The maximum atomic E-state index is 6.51. The highest BCUT2D eigenvalue weighted by atomic mass is 16.5. The van der Waals surface area contributed by atoms with Gasteiger partial charge in [0.1, 0.15) is 0 Å². The van der Waals surface area contributed by atoms with Crippen LogP contribution in [0.5, 0.6) is 0 Å². The number of aryl methyl sites for hydroxylation is 2. The lowest BCUT2D eigenvalue weighted by Gasteiger charge is -2.34. The summed E-state index contributed by atoms with van der Waals surface area (Å²) >= 11 is 0. The Labute approximate surface area is 117 Å². The zero-order valence-electron chi connectivity index (χ0n) is 12.5. The van der Waals surface area contributed by atoms with Crippen molar-refractivity contribution < 1.29 is 4.74 Å². The van der Waals surface area contributed by atoms with E-state index < -0.39 is 0 Å². The molecule has 1 saturated carbocycles. The maximum absolute atomic E-state index is 6.51. The molecule has 2 unspecified atom stereocenters. The van der Waals surface area contributed by atoms with Gasteiger partial charge in [-0.2, -0.15) is 0 Å². The lowest BCUT2D eigenvalue weighted by molar-refractivity contribution is 0.0171. The van der Waals surface area contributed by atoms with E-state index in [2.05, 4.69) is 32.0 Å². The molecule has 0 bridgehead atoms. The van der Waals surface area contributed by atoms with Crippen molar-refractivity contribution in [3.05, 3.63) is 34.9 Å². The minimum absolute atomic E-state index is 0.00583. The first-order valence-electron chi connectivity index (χ1n) is 7.49. The molecular formula is C17H27NO. The lowest BCUT2D eigenvalue weighted by Crippen LogP contribution is -2.36. The average Bonchev–Trinajstić information content (AvgIpc) is 2.40. The standard InChI is InChI=1S/C17H27NO/c1-12-9-10-15(13(2)11-12)16(18)17(19-3)14-7-5-4-6-8-14/h9-11,14,16-17H,4-8,18H2,1-3H3. The van der Waals surface area contributed by atoms with Gasteiger partial charge in [0.05, 0.1) is 12.1 Å². The van der Waals surface area contributed by atoms with Gasteiger partial charge in [0.2, 0.25) is 0 Å². The largest absolute Gasteiger partial charge is 0.379 e. The molecule has 1 aromatic rings. The van der Waals surface area contributed by atoms with E-state index in [0.717, 1.165) is 0 Å². The molecule has 106 valence electrons. The summed E-state index contributed by atoms with van der Waals surface area (Å²) in [4.78, 5) is 0. The molecule has 0 spiro atoms. The van der Waals surface area contributed by atoms with E-state index in [1.807, 2.05) is 7.11 Å². The Bertz CT molecular complexity index is 410. The summed E-state index contributed by atoms with van der Waals surface area (Å²) in [6.45, 7) is 4.27. The predicted molar refractivity (Wildman–Crippen MR) is 80.2 cm³/mol. The minimum atomic E-state index is -0.00583. The van der Waals surface area contributed by atoms with Gasteiger partial charge < -0.3 is 10.5 Å². The molecule has 19 heavy (non-hydrogen) atoms. The molecule has 1 aromatic carbocycles. The number of nitrogens with two attached hydrogens (primary N) is 1. The van der Waals surface area contributed by atoms with Crippen molar-refractivity contribution in [2.75, 3.05) is 7.11 Å². The summed E-state index contributed by atoms with van der Waals surface area (Å²) in [5, 5.41) is 0. The molecule has 0 heterocycles. The van der Waals surface area contributed by atoms with Gasteiger partial charge in [-0.1, -0.05) is 43.0 Å². The molecule has 0 aromatic heterocycles. The van der Waals surface area contributed by atoms with Gasteiger partial charge in [0.15, 0.2) is 0 Å². The normalized spacial score (nSPS) is 20.2. The molecule has 2 rings (SSSR count). The van der Waals surface area contributed by atoms with E-state index in [0.29, 0.717) is 5.92 Å². The van der Waals surface area contributed by atoms with E-state index in [1.165, 1.54) is 48.8 Å². The fraction of sp³-hybridized carbons (Fsp3) is 0.647. The second kappa shape index (κ2) is 6.53. The van der Waals surface area contributed by atoms with Crippen LogP contribution in [0.1, 0.15) is 54.8 Å². The Kier molecular flexibility index (Phi) is 5.00. The van der Waals surface area contributed by atoms with Crippen LogP contribution in [-0.4, -0.2) is 13.2 Å². The van der Waals surface area contributed by atoms with Gasteiger partial charge in [-0.15, -0.1) is 0 Å². The number of rotatable bonds is 4. The Hall–Kier alpha value is -0.860. The number of ether oxygens (including phenoxy) is 1. The molecule has 1 aliphatic rings. The summed E-state index contributed by atoms with van der Waals surface area (Å²) in [6, 6.07) is 6.52. The van der Waals surface area contributed by atoms with Crippen molar-refractivity contribution in [3.8, 4) is 0 Å². The SMILES string of the molecule is COC(C1CCCCC1)C(N)c1ccc(C)cc1C. The second-order valence-corrected chi connectivity index (χ2v) is 5.98. The highest BCUT2D eigenvalue weighted by molar-refractivity contribution is 5.33. The second-order valence-electron chi connectivity index (χ2n) is 5.98. The molecule has 1 aliphatic carbocycles. The topological polar surface area (TPSA) is 35.2 Å². The van der Waals surface area contributed by atoms with Crippen molar-refractivity contribution in [3.63, 3.8) is 0 Å². The van der Waals surface area contributed by atoms with E-state index in [4.69, 9.17) is 10.5 Å². The summed E-state index contributed by atoms with van der Waals surface area (Å²) in [5.41, 5.74) is 10.3. The van der Waals surface area contributed by atoms with Crippen molar-refractivity contribution in [2.45, 2.75) is 58.1 Å². The Balaban J connectivity index is 2.17. The highest BCUT2D eigenvalue weighted by Crippen LogP contribution is 2.33. The van der Waals surface area contributed by atoms with Crippen LogP contribution in [-0.2, 0) is 4.74 Å². The zero-order chi connectivity index (χ0) is 13.8. The summed E-state index contributed by atoms with van der Waals surface area (Å²) in [7, 11) is 1.81. The number of methoxy groups -OCH3 is 1. The number of benzene rings is 1. The Morgan fingerprint density at radius 2 is 1.84 bits per heavy atom. The van der Waals surface area contributed by atoms with Gasteiger partial charge >= 0.3 is 0 Å². The van der Waals surface area contributed by atoms with E-state index >= 15 is 0 Å². The predicted octanol–water partition coefficient (Wildman–Crippen LogP) is 3.90. The first-order valence-corrected chi connectivity index (χ1v) is 7.49. The number of hydrogen-bond donors (Lipinski definition) is 1. The summed E-state index contributed by atoms with van der Waals surface area (Å²) in [6.07, 6.45) is 6.69. The van der Waals surface area contributed by atoms with E-state index in [9.17, 15) is 0 Å². The monoisotopic (exact) mass is 261 g/mol. The van der Waals surface area contributed by atoms with Crippen LogP contribution in [0, 0.1) is 19.8 Å². The van der Waals surface area contributed by atoms with Crippen LogP contribution in [0.15, 0.2) is 18.2 Å². The van der Waals surface area contributed by atoms with Crippen molar-refractivity contribution in [2.24, 2.45) is 11.7 Å². The molecule has 0 radical (unpaired) electrons. The van der Waals surface area contributed by atoms with Gasteiger partial charge in [0, 0.05) is 7.11 Å². The zero-order valence-corrected chi connectivity index (χ0v) is 12.5. The van der Waals surface area contributed by atoms with Crippen LogP contribution in [0.25, 0.3) is 0 Å². The van der Waals surface area contributed by atoms with Crippen LogP contribution in [0.2, 0.25) is 0 Å². The quantitative estimate of drug-likeness (QED) is 0.892. The third-order valence-corrected chi connectivity index (χ3v) is 4.52. The van der Waals surface area contributed by atoms with Crippen molar-refractivity contribution >= 4 is 0 Å². The molecule has 2 atom stereocenters. The molecular weight excluding hydrogens is 234 g/mol. The Morgan fingerprint density at radius 1 is 1.16 bits per heavy atom.